The van der Waals surface area contributed by atoms with Gasteiger partial charge in [0, 0.05) is 6.54 Å². The summed E-state index contributed by atoms with van der Waals surface area (Å²) in [5.74, 6) is 0.0503. The second kappa shape index (κ2) is 5.75. The van der Waals surface area contributed by atoms with E-state index in [1.54, 1.807) is 13.8 Å². The topological polar surface area (TPSA) is 69.6 Å². The van der Waals surface area contributed by atoms with Gasteiger partial charge in [0.05, 0.1) is 26.4 Å². The third-order valence-corrected chi connectivity index (χ3v) is 3.01. The van der Waals surface area contributed by atoms with E-state index in [1.165, 1.54) is 19.1 Å². The maximum atomic E-state index is 13.0. The molecule has 2 rings (SSSR count). The van der Waals surface area contributed by atoms with E-state index in [0.29, 0.717) is 0 Å². The molecule has 1 aliphatic heterocycles. The number of methoxy groups -OCH3 is 2. The van der Waals surface area contributed by atoms with Crippen LogP contribution in [0.25, 0.3) is 0 Å². The first-order valence-corrected chi connectivity index (χ1v) is 6.48. The first-order valence-electron chi connectivity index (χ1n) is 6.48. The number of halogens is 3. The van der Waals surface area contributed by atoms with Crippen LogP contribution < -0.4 is 14.4 Å². The van der Waals surface area contributed by atoms with Crippen molar-refractivity contribution < 1.29 is 27.4 Å². The number of hydrogen-bond donors (Lipinski definition) is 0. The van der Waals surface area contributed by atoms with Crippen LogP contribution in [-0.2, 0) is 4.74 Å². The molecule has 0 amide bonds. The smallest absolute Gasteiger partial charge is 0.416 e. The van der Waals surface area contributed by atoms with E-state index >= 15 is 0 Å². The maximum Gasteiger partial charge on any atom is 0.416 e. The van der Waals surface area contributed by atoms with Crippen LogP contribution in [0.5, 0.6) is 12.0 Å². The average molecular weight is 322 g/mol. The van der Waals surface area contributed by atoms with Crippen LogP contribution >= 0.6 is 0 Å². The fourth-order valence-electron chi connectivity index (χ4n) is 2.16. The molecule has 7 nitrogen and oxygen atoms in total. The lowest BCUT2D eigenvalue weighted by atomic mass is 10.1. The van der Waals surface area contributed by atoms with Gasteiger partial charge >= 0.3 is 18.2 Å². The van der Waals surface area contributed by atoms with Crippen molar-refractivity contribution >= 4 is 5.95 Å². The molecule has 1 aliphatic rings. The molecule has 0 N–H and O–H groups in total. The van der Waals surface area contributed by atoms with Crippen LogP contribution in [0.3, 0.4) is 0 Å². The van der Waals surface area contributed by atoms with E-state index in [-0.39, 0.29) is 24.5 Å². The van der Waals surface area contributed by atoms with Gasteiger partial charge in [-0.2, -0.15) is 23.1 Å². The number of rotatable bonds is 3. The minimum atomic E-state index is -4.48. The van der Waals surface area contributed by atoms with Gasteiger partial charge in [0.2, 0.25) is 5.95 Å². The average Bonchev–Trinajstić information content (AvgIpc) is 2.44. The Morgan fingerprint density at radius 2 is 1.68 bits per heavy atom. The number of anilines is 1. The van der Waals surface area contributed by atoms with E-state index in [9.17, 15) is 13.2 Å². The molecule has 124 valence electrons. The normalized spacial score (nSPS) is 21.6. The molecule has 2 heterocycles. The monoisotopic (exact) mass is 322 g/mol. The van der Waals surface area contributed by atoms with E-state index < -0.39 is 24.4 Å². The van der Waals surface area contributed by atoms with Crippen LogP contribution in [0.15, 0.2) is 0 Å². The number of aromatic nitrogens is 3. The predicted octanol–water partition coefficient (Wildman–Crippen LogP) is 1.43. The van der Waals surface area contributed by atoms with E-state index in [4.69, 9.17) is 14.2 Å². The third-order valence-electron chi connectivity index (χ3n) is 3.01. The second-order valence-electron chi connectivity index (χ2n) is 5.40. The molecule has 22 heavy (non-hydrogen) atoms. The van der Waals surface area contributed by atoms with Crippen molar-refractivity contribution in [3.8, 4) is 12.0 Å². The second-order valence-corrected chi connectivity index (χ2v) is 5.40. The molecule has 0 spiro atoms. The molecule has 0 aliphatic carbocycles. The summed E-state index contributed by atoms with van der Waals surface area (Å²) in [7, 11) is 2.70. The summed E-state index contributed by atoms with van der Waals surface area (Å²) in [5.41, 5.74) is -1.01. The number of alkyl halides is 3. The molecular formula is C12H17F3N4O3. The Morgan fingerprint density at radius 3 is 2.14 bits per heavy atom. The summed E-state index contributed by atoms with van der Waals surface area (Å²) >= 11 is 0. The summed E-state index contributed by atoms with van der Waals surface area (Å²) in [6, 6.07) is -0.0654. The first-order chi connectivity index (χ1) is 10.1. The minimum Gasteiger partial charge on any atom is -0.467 e. The number of nitrogens with zero attached hydrogens (tertiary/aromatic N) is 4. The highest BCUT2D eigenvalue weighted by molar-refractivity contribution is 5.34. The third kappa shape index (κ3) is 3.67. The zero-order valence-corrected chi connectivity index (χ0v) is 12.6. The Balaban J connectivity index is 2.34. The highest BCUT2D eigenvalue weighted by Crippen LogP contribution is 2.33. The van der Waals surface area contributed by atoms with E-state index in [0.717, 1.165) is 0 Å². The predicted molar refractivity (Wildman–Crippen MR) is 70.2 cm³/mol. The van der Waals surface area contributed by atoms with E-state index in [1.807, 2.05) is 0 Å². The van der Waals surface area contributed by atoms with Gasteiger partial charge in [-0.15, -0.1) is 4.98 Å². The highest BCUT2D eigenvalue weighted by Gasteiger charge is 2.48. The minimum absolute atomic E-state index is 0.0327. The van der Waals surface area contributed by atoms with Crippen LogP contribution in [0.4, 0.5) is 19.1 Å². The number of morpholine rings is 1. The zero-order valence-electron chi connectivity index (χ0n) is 12.6. The summed E-state index contributed by atoms with van der Waals surface area (Å²) in [6.45, 7) is 2.93. The fraction of sp³-hybridized carbons (Fsp3) is 0.750. The van der Waals surface area contributed by atoms with Crippen molar-refractivity contribution in [1.29, 1.82) is 0 Å². The number of hydrogen-bond acceptors (Lipinski definition) is 7. The van der Waals surface area contributed by atoms with Crippen molar-refractivity contribution in [1.82, 2.24) is 15.0 Å². The van der Waals surface area contributed by atoms with Crippen molar-refractivity contribution in [2.75, 3.05) is 32.2 Å². The standard InChI is InChI=1S/C12H17F3N4O3/c1-11(2)6-19(5-7(22-11)12(13,14)15)8-16-9(20-3)18-10(17-8)21-4/h7H,5-6H2,1-4H3. The van der Waals surface area contributed by atoms with Gasteiger partial charge in [-0.25, -0.2) is 0 Å². The van der Waals surface area contributed by atoms with Gasteiger partial charge in [-0.3, -0.25) is 0 Å². The fourth-order valence-corrected chi connectivity index (χ4v) is 2.16. The largest absolute Gasteiger partial charge is 0.467 e. The first kappa shape index (κ1) is 16.5. The van der Waals surface area contributed by atoms with Gasteiger partial charge in [0.15, 0.2) is 6.10 Å². The molecule has 0 radical (unpaired) electrons. The molecule has 10 heteroatoms. The summed E-state index contributed by atoms with van der Waals surface area (Å²) in [5, 5.41) is 0. The van der Waals surface area contributed by atoms with Gasteiger partial charge in [0.1, 0.15) is 0 Å². The lowest BCUT2D eigenvalue weighted by Crippen LogP contribution is -2.57. The van der Waals surface area contributed by atoms with Crippen LogP contribution in [-0.4, -0.2) is 60.1 Å². The molecule has 1 unspecified atom stereocenters. The summed E-state index contributed by atoms with van der Waals surface area (Å²) < 4.78 is 54.0. The molecule has 1 saturated heterocycles. The zero-order chi connectivity index (χ0) is 16.5. The van der Waals surface area contributed by atoms with Crippen LogP contribution in [0.2, 0.25) is 0 Å². The van der Waals surface area contributed by atoms with E-state index in [2.05, 4.69) is 15.0 Å². The molecule has 1 aromatic rings. The lowest BCUT2D eigenvalue weighted by molar-refractivity contribution is -0.251. The Morgan fingerprint density at radius 1 is 1.14 bits per heavy atom. The summed E-state index contributed by atoms with van der Waals surface area (Å²) in [6.07, 6.45) is -6.40. The molecule has 1 atom stereocenters. The SMILES string of the molecule is COc1nc(OC)nc(N2CC(C(F)(F)F)OC(C)(C)C2)n1. The van der Waals surface area contributed by atoms with Crippen LogP contribution in [0.1, 0.15) is 13.8 Å². The molecule has 1 fully saturated rings. The maximum absolute atomic E-state index is 13.0. The lowest BCUT2D eigenvalue weighted by Gasteiger charge is -2.43. The quantitative estimate of drug-likeness (QED) is 0.834. The van der Waals surface area contributed by atoms with Crippen molar-refractivity contribution in [2.45, 2.75) is 31.7 Å². The van der Waals surface area contributed by atoms with Gasteiger partial charge in [-0.05, 0) is 13.8 Å². The Kier molecular flexibility index (Phi) is 4.32. The molecule has 1 aromatic heterocycles. The Labute approximate surface area is 125 Å². The van der Waals surface area contributed by atoms with Gasteiger partial charge in [0.25, 0.3) is 0 Å². The van der Waals surface area contributed by atoms with Crippen molar-refractivity contribution in [3.05, 3.63) is 0 Å². The van der Waals surface area contributed by atoms with Crippen molar-refractivity contribution in [2.24, 2.45) is 0 Å². The Hall–Kier alpha value is -1.84. The highest BCUT2D eigenvalue weighted by atomic mass is 19.4. The van der Waals surface area contributed by atoms with Crippen molar-refractivity contribution in [3.63, 3.8) is 0 Å². The number of ether oxygens (including phenoxy) is 3. The van der Waals surface area contributed by atoms with Gasteiger partial charge in [-0.1, -0.05) is 0 Å². The molecule has 0 aromatic carbocycles. The van der Waals surface area contributed by atoms with Crippen LogP contribution in [0, 0.1) is 0 Å². The van der Waals surface area contributed by atoms with Gasteiger partial charge < -0.3 is 19.1 Å². The summed E-state index contributed by atoms with van der Waals surface area (Å²) in [4.78, 5) is 13.2. The molecule has 0 bridgehead atoms. The Bertz CT molecular complexity index is 517. The molecular weight excluding hydrogens is 305 g/mol. The molecule has 0 saturated carbocycles.